The summed E-state index contributed by atoms with van der Waals surface area (Å²) < 4.78 is 64.0. The molecule has 158 valence electrons. The number of likely N-dealkylation sites (tertiary alicyclic amines) is 1. The van der Waals surface area contributed by atoms with Crippen LogP contribution in [0.2, 0.25) is 0 Å². The molecule has 3 N–H and O–H groups in total. The van der Waals surface area contributed by atoms with E-state index >= 15 is 0 Å². The highest BCUT2D eigenvalue weighted by Crippen LogP contribution is 2.19. The number of benzene rings is 1. The number of alkyl halides is 3. The molecule has 1 heterocycles. The topological polar surface area (TPSA) is 85.8 Å². The summed E-state index contributed by atoms with van der Waals surface area (Å²) in [6.07, 6.45) is -3.65. The predicted molar refractivity (Wildman–Crippen MR) is 102 cm³/mol. The van der Waals surface area contributed by atoms with Crippen LogP contribution in [0.25, 0.3) is 0 Å². The Morgan fingerprint density at radius 3 is 2.64 bits per heavy atom. The van der Waals surface area contributed by atoms with Crippen molar-refractivity contribution in [2.45, 2.75) is 25.2 Å². The molecule has 1 aromatic rings. The van der Waals surface area contributed by atoms with E-state index in [0.29, 0.717) is 18.9 Å². The van der Waals surface area contributed by atoms with Gasteiger partial charge in [-0.1, -0.05) is 30.3 Å². The monoisotopic (exact) mass is 421 g/mol. The lowest BCUT2D eigenvalue weighted by Gasteiger charge is -2.19. The van der Waals surface area contributed by atoms with Crippen molar-refractivity contribution in [1.29, 1.82) is 0 Å². The molecule has 11 heteroatoms. The molecule has 1 fully saturated rings. The van der Waals surface area contributed by atoms with Gasteiger partial charge in [0.05, 0.1) is 12.3 Å². The minimum Gasteiger partial charge on any atom is -0.355 e. The third-order valence-corrected chi connectivity index (χ3v) is 5.57. The van der Waals surface area contributed by atoms with E-state index in [-0.39, 0.29) is 31.4 Å². The highest BCUT2D eigenvalue weighted by molar-refractivity contribution is 7.89. The van der Waals surface area contributed by atoms with Crippen LogP contribution in [0.5, 0.6) is 0 Å². The lowest BCUT2D eigenvalue weighted by atomic mass is 10.2. The number of nitrogens with zero attached hydrogens (tertiary/aromatic N) is 2. The van der Waals surface area contributed by atoms with Crippen LogP contribution in [0.3, 0.4) is 0 Å². The summed E-state index contributed by atoms with van der Waals surface area (Å²) in [6, 6.07) is 9.01. The average Bonchev–Trinajstić information content (AvgIpc) is 3.05. The van der Waals surface area contributed by atoms with Crippen molar-refractivity contribution < 1.29 is 21.6 Å². The molecule has 2 rings (SSSR count). The largest absolute Gasteiger partial charge is 0.401 e. The Hall–Kier alpha value is -1.85. The maximum Gasteiger partial charge on any atom is 0.401 e. The van der Waals surface area contributed by atoms with Gasteiger partial charge in [-0.3, -0.25) is 9.89 Å². The van der Waals surface area contributed by atoms with Crippen LogP contribution in [0.4, 0.5) is 13.2 Å². The molecule has 7 nitrogen and oxygen atoms in total. The second-order valence-electron chi connectivity index (χ2n) is 6.60. The van der Waals surface area contributed by atoms with E-state index < -0.39 is 22.7 Å². The smallest absolute Gasteiger partial charge is 0.355 e. The highest BCUT2D eigenvalue weighted by Gasteiger charge is 2.34. The normalized spacial score (nSPS) is 19.0. The number of hydrogen-bond acceptors (Lipinski definition) is 4. The van der Waals surface area contributed by atoms with Crippen LogP contribution in [-0.4, -0.2) is 70.5 Å². The first-order chi connectivity index (χ1) is 13.2. The molecule has 0 aliphatic carbocycles. The fourth-order valence-corrected chi connectivity index (χ4v) is 3.80. The Kier molecular flexibility index (Phi) is 8.08. The van der Waals surface area contributed by atoms with Crippen molar-refractivity contribution in [1.82, 2.24) is 20.3 Å². The first-order valence-electron chi connectivity index (χ1n) is 8.94. The van der Waals surface area contributed by atoms with E-state index in [1.54, 1.807) is 0 Å². The SMILES string of the molecule is CN=C(NCCS(=O)(=O)NCc1ccccc1)NC1CCN(CC(F)(F)F)C1. The van der Waals surface area contributed by atoms with Crippen LogP contribution >= 0.6 is 0 Å². The van der Waals surface area contributed by atoms with Crippen LogP contribution in [0.1, 0.15) is 12.0 Å². The molecule has 1 aliphatic heterocycles. The average molecular weight is 421 g/mol. The van der Waals surface area contributed by atoms with Gasteiger partial charge >= 0.3 is 6.18 Å². The number of rotatable bonds is 8. The first-order valence-corrected chi connectivity index (χ1v) is 10.6. The second kappa shape index (κ2) is 10.1. The van der Waals surface area contributed by atoms with Crippen molar-refractivity contribution in [2.75, 3.05) is 39.0 Å². The Morgan fingerprint density at radius 2 is 2.00 bits per heavy atom. The highest BCUT2D eigenvalue weighted by atomic mass is 32.2. The van der Waals surface area contributed by atoms with E-state index in [1.165, 1.54) is 11.9 Å². The maximum atomic E-state index is 12.5. The summed E-state index contributed by atoms with van der Waals surface area (Å²) in [5.41, 5.74) is 0.862. The lowest BCUT2D eigenvalue weighted by Crippen LogP contribution is -2.46. The molecule has 1 aliphatic rings. The van der Waals surface area contributed by atoms with E-state index in [0.717, 1.165) is 5.56 Å². The Balaban J connectivity index is 1.70. The van der Waals surface area contributed by atoms with Gasteiger partial charge < -0.3 is 10.6 Å². The second-order valence-corrected chi connectivity index (χ2v) is 8.53. The fraction of sp³-hybridized carbons (Fsp3) is 0.588. The molecule has 0 bridgehead atoms. The zero-order valence-electron chi connectivity index (χ0n) is 15.7. The van der Waals surface area contributed by atoms with E-state index in [9.17, 15) is 21.6 Å². The third kappa shape index (κ3) is 8.44. The van der Waals surface area contributed by atoms with Crippen molar-refractivity contribution in [2.24, 2.45) is 4.99 Å². The van der Waals surface area contributed by atoms with Gasteiger partial charge in [-0.25, -0.2) is 13.1 Å². The number of halogens is 3. The van der Waals surface area contributed by atoms with Gasteiger partial charge in [0.25, 0.3) is 0 Å². The fourth-order valence-electron chi connectivity index (χ4n) is 2.90. The van der Waals surface area contributed by atoms with E-state index in [2.05, 4.69) is 20.3 Å². The van der Waals surface area contributed by atoms with Crippen molar-refractivity contribution in [3.8, 4) is 0 Å². The minimum atomic E-state index is -4.21. The molecular formula is C17H26F3N5O2S. The van der Waals surface area contributed by atoms with Gasteiger partial charge in [-0.2, -0.15) is 13.2 Å². The number of nitrogens with one attached hydrogen (secondary N) is 3. The Bertz CT molecular complexity index is 741. The zero-order chi connectivity index (χ0) is 20.6. The molecule has 0 amide bonds. The predicted octanol–water partition coefficient (Wildman–Crippen LogP) is 0.908. The van der Waals surface area contributed by atoms with Gasteiger partial charge in [0.2, 0.25) is 10.0 Å². The zero-order valence-corrected chi connectivity index (χ0v) is 16.5. The molecule has 0 spiro atoms. The van der Waals surface area contributed by atoms with Crippen molar-refractivity contribution in [3.05, 3.63) is 35.9 Å². The maximum absolute atomic E-state index is 12.5. The molecule has 1 saturated heterocycles. The van der Waals surface area contributed by atoms with Gasteiger partial charge in [-0.15, -0.1) is 0 Å². The van der Waals surface area contributed by atoms with E-state index in [1.807, 2.05) is 30.3 Å². The summed E-state index contributed by atoms with van der Waals surface area (Å²) in [6.45, 7) is 0.0294. The van der Waals surface area contributed by atoms with Crippen LogP contribution in [0, 0.1) is 0 Å². The minimum absolute atomic E-state index is 0.128. The molecule has 0 saturated carbocycles. The first kappa shape index (κ1) is 22.4. The van der Waals surface area contributed by atoms with Gasteiger partial charge in [0.1, 0.15) is 0 Å². The molecule has 28 heavy (non-hydrogen) atoms. The summed E-state index contributed by atoms with van der Waals surface area (Å²) in [4.78, 5) is 5.34. The Labute approximate surface area is 163 Å². The lowest BCUT2D eigenvalue weighted by molar-refractivity contribution is -0.143. The molecule has 1 unspecified atom stereocenters. The number of guanidine groups is 1. The molecule has 1 aromatic carbocycles. The quantitative estimate of drug-likeness (QED) is 0.429. The molecular weight excluding hydrogens is 395 g/mol. The van der Waals surface area contributed by atoms with Crippen molar-refractivity contribution in [3.63, 3.8) is 0 Å². The van der Waals surface area contributed by atoms with Gasteiger partial charge in [0, 0.05) is 39.3 Å². The molecule has 1 atom stereocenters. The standard InChI is InChI=1S/C17H26F3N5O2S/c1-21-16(24-15-7-9-25(12-15)13-17(18,19)20)22-8-10-28(26,27)23-11-14-5-3-2-4-6-14/h2-6,15,23H,7-13H2,1H3,(H2,21,22,24). The van der Waals surface area contributed by atoms with Crippen LogP contribution in [-0.2, 0) is 16.6 Å². The van der Waals surface area contributed by atoms with Crippen LogP contribution in [0.15, 0.2) is 35.3 Å². The van der Waals surface area contributed by atoms with E-state index in [4.69, 9.17) is 0 Å². The summed E-state index contributed by atoms with van der Waals surface area (Å²) >= 11 is 0. The number of sulfonamides is 1. The summed E-state index contributed by atoms with van der Waals surface area (Å²) in [5.74, 6) is 0.225. The number of aliphatic imine (C=N–C) groups is 1. The Morgan fingerprint density at radius 1 is 1.29 bits per heavy atom. The van der Waals surface area contributed by atoms with Gasteiger partial charge in [0.15, 0.2) is 5.96 Å². The van der Waals surface area contributed by atoms with Crippen LogP contribution < -0.4 is 15.4 Å². The third-order valence-electron chi connectivity index (χ3n) is 4.24. The van der Waals surface area contributed by atoms with Crippen molar-refractivity contribution >= 4 is 16.0 Å². The number of hydrogen-bond donors (Lipinski definition) is 3. The molecule has 0 radical (unpaired) electrons. The molecule has 0 aromatic heterocycles. The summed E-state index contributed by atoms with van der Waals surface area (Å²) in [7, 11) is -1.94. The summed E-state index contributed by atoms with van der Waals surface area (Å²) in [5, 5.41) is 5.93. The van der Waals surface area contributed by atoms with Gasteiger partial charge in [-0.05, 0) is 12.0 Å².